The van der Waals surface area contributed by atoms with Crippen molar-refractivity contribution in [1.82, 2.24) is 10.2 Å². The molecule has 0 aromatic rings. The van der Waals surface area contributed by atoms with Crippen molar-refractivity contribution in [2.24, 2.45) is 0 Å². The van der Waals surface area contributed by atoms with E-state index in [1.165, 1.54) is 0 Å². The van der Waals surface area contributed by atoms with E-state index in [-0.39, 0.29) is 6.61 Å². The number of nitrogens with zero attached hydrogens (tertiary/aromatic N) is 1. The third-order valence-corrected chi connectivity index (χ3v) is 1.51. The third kappa shape index (κ3) is 9.28. The minimum Gasteiger partial charge on any atom is -0.447 e. The van der Waals surface area contributed by atoms with Gasteiger partial charge in [-0.25, -0.2) is 4.79 Å². The van der Waals surface area contributed by atoms with Gasteiger partial charge in [0.15, 0.2) is 0 Å². The molecule has 14 heavy (non-hydrogen) atoms. The first-order chi connectivity index (χ1) is 6.52. The first kappa shape index (κ1) is 13.2. The molecule has 5 nitrogen and oxygen atoms in total. The van der Waals surface area contributed by atoms with E-state index >= 15 is 0 Å². The SMILES string of the molecule is CC(O)COC(=O)NCCCN(C)C. The van der Waals surface area contributed by atoms with E-state index in [2.05, 4.69) is 5.32 Å². The number of ether oxygens (including phenoxy) is 1. The average Bonchev–Trinajstić information content (AvgIpc) is 2.08. The zero-order valence-electron chi connectivity index (χ0n) is 9.12. The van der Waals surface area contributed by atoms with Crippen LogP contribution in [0.3, 0.4) is 0 Å². The molecule has 0 fully saturated rings. The van der Waals surface area contributed by atoms with Gasteiger partial charge in [0.05, 0.1) is 6.10 Å². The van der Waals surface area contributed by atoms with Crippen LogP contribution in [0, 0.1) is 0 Å². The molecule has 1 amide bonds. The van der Waals surface area contributed by atoms with Crippen LogP contribution in [0.2, 0.25) is 0 Å². The summed E-state index contributed by atoms with van der Waals surface area (Å²) in [4.78, 5) is 13.0. The van der Waals surface area contributed by atoms with E-state index in [0.29, 0.717) is 6.54 Å². The van der Waals surface area contributed by atoms with Crippen molar-refractivity contribution in [3.05, 3.63) is 0 Å². The lowest BCUT2D eigenvalue weighted by atomic mass is 10.4. The fourth-order valence-corrected chi connectivity index (χ4v) is 0.833. The van der Waals surface area contributed by atoms with Gasteiger partial charge in [-0.05, 0) is 34.0 Å². The summed E-state index contributed by atoms with van der Waals surface area (Å²) in [5, 5.41) is 11.4. The smallest absolute Gasteiger partial charge is 0.407 e. The Balaban J connectivity index is 3.27. The van der Waals surface area contributed by atoms with E-state index in [1.807, 2.05) is 19.0 Å². The minimum atomic E-state index is -0.609. The summed E-state index contributed by atoms with van der Waals surface area (Å²) in [5.41, 5.74) is 0. The highest BCUT2D eigenvalue weighted by Crippen LogP contribution is 1.85. The van der Waals surface area contributed by atoms with Crippen molar-refractivity contribution in [2.45, 2.75) is 19.4 Å². The molecule has 0 aliphatic rings. The molecule has 0 aliphatic carbocycles. The number of aliphatic hydroxyl groups is 1. The number of amides is 1. The Kier molecular flexibility index (Phi) is 7.14. The normalized spacial score (nSPS) is 12.6. The van der Waals surface area contributed by atoms with E-state index in [1.54, 1.807) is 6.92 Å². The predicted octanol–water partition coefficient (Wildman–Crippen LogP) is 0.0451. The van der Waals surface area contributed by atoms with Crippen LogP contribution in [-0.2, 0) is 4.74 Å². The van der Waals surface area contributed by atoms with Crippen molar-refractivity contribution >= 4 is 6.09 Å². The summed E-state index contributed by atoms with van der Waals surface area (Å²) in [7, 11) is 3.96. The predicted molar refractivity (Wildman–Crippen MR) is 54.2 cm³/mol. The summed E-state index contributed by atoms with van der Waals surface area (Å²) in [5.74, 6) is 0. The number of hydrogen-bond donors (Lipinski definition) is 2. The molecule has 84 valence electrons. The maximum atomic E-state index is 10.9. The number of hydrogen-bond acceptors (Lipinski definition) is 4. The van der Waals surface area contributed by atoms with E-state index in [9.17, 15) is 4.79 Å². The Morgan fingerprint density at radius 1 is 1.57 bits per heavy atom. The molecule has 0 rings (SSSR count). The van der Waals surface area contributed by atoms with Crippen LogP contribution in [0.4, 0.5) is 4.79 Å². The summed E-state index contributed by atoms with van der Waals surface area (Å²) in [6.07, 6.45) is -0.191. The van der Waals surface area contributed by atoms with E-state index in [4.69, 9.17) is 9.84 Å². The van der Waals surface area contributed by atoms with Crippen LogP contribution in [0.15, 0.2) is 0 Å². The standard InChI is InChI=1S/C9H20N2O3/c1-8(12)7-14-9(13)10-5-4-6-11(2)3/h8,12H,4-7H2,1-3H3,(H,10,13). The molecule has 2 N–H and O–H groups in total. The van der Waals surface area contributed by atoms with Crippen LogP contribution >= 0.6 is 0 Å². The van der Waals surface area contributed by atoms with Crippen molar-refractivity contribution in [1.29, 1.82) is 0 Å². The second kappa shape index (κ2) is 7.58. The van der Waals surface area contributed by atoms with Gasteiger partial charge in [0.25, 0.3) is 0 Å². The molecule has 0 saturated heterocycles. The van der Waals surface area contributed by atoms with Gasteiger partial charge in [0, 0.05) is 6.54 Å². The maximum Gasteiger partial charge on any atom is 0.407 e. The molecule has 0 radical (unpaired) electrons. The van der Waals surface area contributed by atoms with Crippen molar-refractivity contribution in [3.63, 3.8) is 0 Å². The van der Waals surface area contributed by atoms with Crippen LogP contribution < -0.4 is 5.32 Å². The van der Waals surface area contributed by atoms with Crippen molar-refractivity contribution < 1.29 is 14.6 Å². The molecule has 0 bridgehead atoms. The number of aliphatic hydroxyl groups excluding tert-OH is 1. The highest BCUT2D eigenvalue weighted by atomic mass is 16.6. The number of carbonyl (C=O) groups excluding carboxylic acids is 1. The van der Waals surface area contributed by atoms with Gasteiger partial charge in [-0.2, -0.15) is 0 Å². The second-order valence-electron chi connectivity index (χ2n) is 3.53. The Morgan fingerprint density at radius 2 is 2.21 bits per heavy atom. The van der Waals surface area contributed by atoms with Gasteiger partial charge < -0.3 is 20.1 Å². The zero-order chi connectivity index (χ0) is 11.0. The fraction of sp³-hybridized carbons (Fsp3) is 0.889. The van der Waals surface area contributed by atoms with Gasteiger partial charge in [-0.1, -0.05) is 0 Å². The molecule has 0 spiro atoms. The molecular weight excluding hydrogens is 184 g/mol. The molecule has 0 aromatic heterocycles. The highest BCUT2D eigenvalue weighted by Gasteiger charge is 2.03. The molecule has 0 aliphatic heterocycles. The summed E-state index contributed by atoms with van der Waals surface area (Å²) < 4.78 is 4.70. The lowest BCUT2D eigenvalue weighted by molar-refractivity contribution is 0.0780. The summed E-state index contributed by atoms with van der Waals surface area (Å²) in [6.45, 7) is 3.13. The minimum absolute atomic E-state index is 0.0412. The third-order valence-electron chi connectivity index (χ3n) is 1.51. The first-order valence-corrected chi connectivity index (χ1v) is 4.75. The quantitative estimate of drug-likeness (QED) is 0.600. The number of nitrogens with one attached hydrogen (secondary N) is 1. The zero-order valence-corrected chi connectivity index (χ0v) is 9.12. The fourth-order valence-electron chi connectivity index (χ4n) is 0.833. The Hall–Kier alpha value is -0.810. The Morgan fingerprint density at radius 3 is 2.71 bits per heavy atom. The maximum absolute atomic E-state index is 10.9. The lowest BCUT2D eigenvalue weighted by Gasteiger charge is -2.10. The van der Waals surface area contributed by atoms with Gasteiger partial charge in [-0.15, -0.1) is 0 Å². The van der Waals surface area contributed by atoms with E-state index < -0.39 is 12.2 Å². The van der Waals surface area contributed by atoms with Crippen LogP contribution in [-0.4, -0.2) is 56.0 Å². The lowest BCUT2D eigenvalue weighted by Crippen LogP contribution is -2.29. The number of alkyl carbamates (subject to hydrolysis) is 1. The van der Waals surface area contributed by atoms with Gasteiger partial charge in [0.2, 0.25) is 0 Å². The van der Waals surface area contributed by atoms with Crippen LogP contribution in [0.5, 0.6) is 0 Å². The monoisotopic (exact) mass is 204 g/mol. The Labute approximate surface area is 85.0 Å². The molecule has 0 saturated carbocycles. The van der Waals surface area contributed by atoms with Gasteiger partial charge >= 0.3 is 6.09 Å². The second-order valence-corrected chi connectivity index (χ2v) is 3.53. The highest BCUT2D eigenvalue weighted by molar-refractivity contribution is 5.67. The van der Waals surface area contributed by atoms with Crippen molar-refractivity contribution in [2.75, 3.05) is 33.8 Å². The molecule has 5 heteroatoms. The molecule has 0 heterocycles. The summed E-state index contributed by atoms with van der Waals surface area (Å²) >= 11 is 0. The molecule has 1 atom stereocenters. The molecule has 1 unspecified atom stereocenters. The Bertz CT molecular complexity index is 160. The van der Waals surface area contributed by atoms with Gasteiger partial charge in [-0.3, -0.25) is 0 Å². The molecule has 0 aromatic carbocycles. The summed E-state index contributed by atoms with van der Waals surface area (Å²) in [6, 6.07) is 0. The van der Waals surface area contributed by atoms with Gasteiger partial charge in [0.1, 0.15) is 6.61 Å². The number of rotatable bonds is 6. The number of carbonyl (C=O) groups is 1. The average molecular weight is 204 g/mol. The van der Waals surface area contributed by atoms with Crippen LogP contribution in [0.25, 0.3) is 0 Å². The van der Waals surface area contributed by atoms with E-state index in [0.717, 1.165) is 13.0 Å². The van der Waals surface area contributed by atoms with Crippen LogP contribution in [0.1, 0.15) is 13.3 Å². The molecular formula is C9H20N2O3. The first-order valence-electron chi connectivity index (χ1n) is 4.75. The largest absolute Gasteiger partial charge is 0.447 e. The topological polar surface area (TPSA) is 61.8 Å². The van der Waals surface area contributed by atoms with Crippen molar-refractivity contribution in [3.8, 4) is 0 Å².